The van der Waals surface area contributed by atoms with E-state index in [1.54, 1.807) is 55.6 Å². The zero-order valence-corrected chi connectivity index (χ0v) is 15.5. The van der Waals surface area contributed by atoms with Crippen molar-refractivity contribution < 1.29 is 23.5 Å². The Balaban J connectivity index is 1.54. The molecule has 0 fully saturated rings. The number of benzene rings is 2. The van der Waals surface area contributed by atoms with Crippen molar-refractivity contribution in [2.24, 2.45) is 0 Å². The normalized spacial score (nSPS) is 11.8. The smallest absolute Gasteiger partial charge is 0.419 e. The quantitative estimate of drug-likeness (QED) is 0.629. The molecule has 8 heteroatoms. The number of methoxy groups -OCH3 is 1. The van der Waals surface area contributed by atoms with Crippen molar-refractivity contribution in [2.45, 2.75) is 26.0 Å². The van der Waals surface area contributed by atoms with Crippen molar-refractivity contribution in [3.63, 3.8) is 0 Å². The fourth-order valence-corrected chi connectivity index (χ4v) is 2.66. The van der Waals surface area contributed by atoms with E-state index >= 15 is 0 Å². The molecule has 1 aromatic heterocycles. The molecule has 8 nitrogen and oxygen atoms in total. The summed E-state index contributed by atoms with van der Waals surface area (Å²) in [7, 11) is 1.55. The lowest BCUT2D eigenvalue weighted by molar-refractivity contribution is -0.153. The number of aromatic nitrogens is 1. The van der Waals surface area contributed by atoms with Crippen LogP contribution in [0.4, 0.5) is 5.69 Å². The monoisotopic (exact) mass is 384 g/mol. The highest BCUT2D eigenvalue weighted by Crippen LogP contribution is 2.16. The lowest BCUT2D eigenvalue weighted by Gasteiger charge is -2.14. The average molecular weight is 384 g/mol. The fraction of sp³-hybridized carbons (Fsp3) is 0.250. The van der Waals surface area contributed by atoms with Gasteiger partial charge in [0.1, 0.15) is 5.75 Å². The third-order valence-electron chi connectivity index (χ3n) is 4.15. The maximum atomic E-state index is 12.2. The Bertz CT molecular complexity index is 1030. The van der Waals surface area contributed by atoms with Gasteiger partial charge in [-0.05, 0) is 43.3 Å². The number of hydrogen-bond donors (Lipinski definition) is 1. The maximum Gasteiger partial charge on any atom is 0.419 e. The SMILES string of the molecule is COc1ccc(NC(=O)[C@@H](C)OC(=O)CCn2c(=O)oc3ccccc32)cc1. The van der Waals surface area contributed by atoms with E-state index in [1.807, 2.05) is 0 Å². The van der Waals surface area contributed by atoms with E-state index in [-0.39, 0.29) is 13.0 Å². The number of anilines is 1. The van der Waals surface area contributed by atoms with Crippen LogP contribution in [0.3, 0.4) is 0 Å². The highest BCUT2D eigenvalue weighted by atomic mass is 16.5. The largest absolute Gasteiger partial charge is 0.497 e. The first-order valence-corrected chi connectivity index (χ1v) is 8.70. The van der Waals surface area contributed by atoms with Crippen molar-refractivity contribution >= 4 is 28.7 Å². The predicted octanol–water partition coefficient (Wildman–Crippen LogP) is 2.56. The standard InChI is InChI=1S/C20H20N2O6/c1-13(19(24)21-14-7-9-15(26-2)10-8-14)27-18(23)11-12-22-16-5-3-4-6-17(16)28-20(22)25/h3-10,13H,11-12H2,1-2H3,(H,21,24)/t13-/m1/s1. The van der Waals surface area contributed by atoms with Crippen molar-refractivity contribution in [3.8, 4) is 5.75 Å². The van der Waals surface area contributed by atoms with Crippen LogP contribution in [-0.2, 0) is 20.9 Å². The van der Waals surface area contributed by atoms with Crippen molar-refractivity contribution in [2.75, 3.05) is 12.4 Å². The molecule has 0 aliphatic carbocycles. The number of amides is 1. The second-order valence-corrected chi connectivity index (χ2v) is 6.09. The van der Waals surface area contributed by atoms with Gasteiger partial charge < -0.3 is 19.2 Å². The van der Waals surface area contributed by atoms with Crippen LogP contribution < -0.4 is 15.8 Å². The Morgan fingerprint density at radius 3 is 2.57 bits per heavy atom. The van der Waals surface area contributed by atoms with Gasteiger partial charge in [-0.2, -0.15) is 0 Å². The van der Waals surface area contributed by atoms with E-state index in [0.717, 1.165) is 0 Å². The molecule has 0 unspecified atom stereocenters. The number of aryl methyl sites for hydroxylation is 1. The van der Waals surface area contributed by atoms with Crippen LogP contribution in [0, 0.1) is 0 Å². The van der Waals surface area contributed by atoms with E-state index in [0.29, 0.717) is 22.5 Å². The average Bonchev–Trinajstić information content (AvgIpc) is 3.01. The number of nitrogens with zero attached hydrogens (tertiary/aromatic N) is 1. The predicted molar refractivity (Wildman–Crippen MR) is 102 cm³/mol. The molecule has 1 heterocycles. The second-order valence-electron chi connectivity index (χ2n) is 6.09. The first kappa shape index (κ1) is 19.2. The molecule has 0 spiro atoms. The molecular formula is C20H20N2O6. The summed E-state index contributed by atoms with van der Waals surface area (Å²) in [5.74, 6) is -0.919. The Morgan fingerprint density at radius 1 is 1.14 bits per heavy atom. The number of fused-ring (bicyclic) bond motifs is 1. The minimum absolute atomic E-state index is 0.0659. The molecule has 3 rings (SSSR count). The molecule has 1 atom stereocenters. The summed E-state index contributed by atoms with van der Waals surface area (Å²) >= 11 is 0. The first-order chi connectivity index (χ1) is 13.5. The van der Waals surface area contributed by atoms with Crippen LogP contribution in [-0.4, -0.2) is 29.7 Å². The number of ether oxygens (including phenoxy) is 2. The minimum atomic E-state index is -0.979. The molecule has 146 valence electrons. The van der Waals surface area contributed by atoms with E-state index < -0.39 is 23.7 Å². The minimum Gasteiger partial charge on any atom is -0.497 e. The molecule has 1 N–H and O–H groups in total. The third-order valence-corrected chi connectivity index (χ3v) is 4.15. The van der Waals surface area contributed by atoms with Gasteiger partial charge in [0.15, 0.2) is 11.7 Å². The highest BCUT2D eigenvalue weighted by molar-refractivity contribution is 5.95. The molecule has 0 bridgehead atoms. The van der Waals surface area contributed by atoms with Gasteiger partial charge in [-0.3, -0.25) is 14.2 Å². The van der Waals surface area contributed by atoms with E-state index in [2.05, 4.69) is 5.32 Å². The summed E-state index contributed by atoms with van der Waals surface area (Å²) in [5, 5.41) is 2.66. The lowest BCUT2D eigenvalue weighted by atomic mass is 10.3. The summed E-state index contributed by atoms with van der Waals surface area (Å²) in [6.45, 7) is 1.58. The van der Waals surface area contributed by atoms with Gasteiger partial charge >= 0.3 is 11.7 Å². The van der Waals surface area contributed by atoms with E-state index in [9.17, 15) is 14.4 Å². The number of oxazole rings is 1. The number of nitrogens with one attached hydrogen (secondary N) is 1. The molecule has 28 heavy (non-hydrogen) atoms. The lowest BCUT2D eigenvalue weighted by Crippen LogP contribution is -2.30. The topological polar surface area (TPSA) is 99.8 Å². The fourth-order valence-electron chi connectivity index (χ4n) is 2.66. The number of hydrogen-bond acceptors (Lipinski definition) is 6. The number of para-hydroxylation sites is 2. The van der Waals surface area contributed by atoms with Gasteiger partial charge in [0, 0.05) is 12.2 Å². The Morgan fingerprint density at radius 2 is 1.86 bits per heavy atom. The summed E-state index contributed by atoms with van der Waals surface area (Å²) in [6, 6.07) is 13.7. The molecule has 0 radical (unpaired) electrons. The van der Waals surface area contributed by atoms with Crippen molar-refractivity contribution in [1.82, 2.24) is 4.57 Å². The Hall–Kier alpha value is -3.55. The van der Waals surface area contributed by atoms with Gasteiger partial charge in [-0.15, -0.1) is 0 Å². The van der Waals surface area contributed by atoms with E-state index in [1.165, 1.54) is 11.5 Å². The van der Waals surface area contributed by atoms with Crippen molar-refractivity contribution in [3.05, 3.63) is 59.1 Å². The van der Waals surface area contributed by atoms with Gasteiger partial charge in [0.25, 0.3) is 5.91 Å². The number of carbonyl (C=O) groups excluding carboxylic acids is 2. The summed E-state index contributed by atoms with van der Waals surface area (Å²) in [4.78, 5) is 36.1. The van der Waals surface area contributed by atoms with Gasteiger partial charge in [0.2, 0.25) is 0 Å². The summed E-state index contributed by atoms with van der Waals surface area (Å²) in [5.41, 5.74) is 1.61. The number of esters is 1. The molecule has 0 saturated heterocycles. The van der Waals surface area contributed by atoms with Gasteiger partial charge in [-0.1, -0.05) is 12.1 Å². The maximum absolute atomic E-state index is 12.2. The molecule has 3 aromatic rings. The van der Waals surface area contributed by atoms with Crippen LogP contribution in [0.2, 0.25) is 0 Å². The third kappa shape index (κ3) is 4.40. The zero-order chi connectivity index (χ0) is 20.1. The molecule has 0 aliphatic heterocycles. The number of carbonyl (C=O) groups is 2. The van der Waals surface area contributed by atoms with Crippen LogP contribution in [0.5, 0.6) is 5.75 Å². The van der Waals surface area contributed by atoms with Crippen LogP contribution in [0.1, 0.15) is 13.3 Å². The first-order valence-electron chi connectivity index (χ1n) is 8.70. The number of rotatable bonds is 7. The van der Waals surface area contributed by atoms with Crippen LogP contribution in [0.25, 0.3) is 11.1 Å². The molecular weight excluding hydrogens is 364 g/mol. The van der Waals surface area contributed by atoms with Crippen LogP contribution >= 0.6 is 0 Å². The molecule has 0 saturated carbocycles. The molecule has 0 aliphatic rings. The zero-order valence-electron chi connectivity index (χ0n) is 15.5. The van der Waals surface area contributed by atoms with Crippen LogP contribution in [0.15, 0.2) is 57.7 Å². The highest BCUT2D eigenvalue weighted by Gasteiger charge is 2.19. The van der Waals surface area contributed by atoms with Gasteiger partial charge in [-0.25, -0.2) is 4.79 Å². The van der Waals surface area contributed by atoms with Crippen molar-refractivity contribution in [1.29, 1.82) is 0 Å². The second kappa shape index (κ2) is 8.43. The molecule has 1 amide bonds. The Kier molecular flexibility index (Phi) is 5.78. The molecule has 2 aromatic carbocycles. The summed E-state index contributed by atoms with van der Waals surface area (Å²) < 4.78 is 16.7. The van der Waals surface area contributed by atoms with E-state index in [4.69, 9.17) is 13.9 Å². The Labute approximate surface area is 160 Å². The van der Waals surface area contributed by atoms with Gasteiger partial charge in [0.05, 0.1) is 19.0 Å². The summed E-state index contributed by atoms with van der Waals surface area (Å²) in [6.07, 6.45) is -1.05.